The Morgan fingerprint density at radius 1 is 1.19 bits per heavy atom. The van der Waals surface area contributed by atoms with E-state index in [1.807, 2.05) is 31.2 Å². The average molecular weight is 353 g/mol. The van der Waals surface area contributed by atoms with Crippen molar-refractivity contribution in [2.24, 2.45) is 0 Å². The van der Waals surface area contributed by atoms with Crippen LogP contribution in [0.5, 0.6) is 5.75 Å². The molecular weight excluding hydrogens is 330 g/mol. The molecule has 1 saturated heterocycles. The Kier molecular flexibility index (Phi) is 4.75. The van der Waals surface area contributed by atoms with E-state index in [4.69, 9.17) is 9.47 Å². The maximum absolute atomic E-state index is 12.8. The normalized spacial score (nSPS) is 16.1. The highest BCUT2D eigenvalue weighted by Gasteiger charge is 2.20. The molecule has 1 aromatic heterocycles. The summed E-state index contributed by atoms with van der Waals surface area (Å²) in [6, 6.07) is 9.83. The van der Waals surface area contributed by atoms with E-state index in [1.165, 1.54) is 5.56 Å². The van der Waals surface area contributed by atoms with E-state index in [1.54, 1.807) is 0 Å². The van der Waals surface area contributed by atoms with Gasteiger partial charge in [0.15, 0.2) is 0 Å². The zero-order valence-corrected chi connectivity index (χ0v) is 15.0. The number of ether oxygens (including phenoxy) is 2. The fourth-order valence-corrected chi connectivity index (χ4v) is 3.36. The predicted molar refractivity (Wildman–Crippen MR) is 98.8 cm³/mol. The van der Waals surface area contributed by atoms with Crippen molar-refractivity contribution in [3.8, 4) is 5.75 Å². The molecule has 0 radical (unpaired) electrons. The summed E-state index contributed by atoms with van der Waals surface area (Å²) in [6.45, 7) is 5.99. The van der Waals surface area contributed by atoms with E-state index >= 15 is 0 Å². The highest BCUT2D eigenvalue weighted by atomic mass is 16.5. The minimum Gasteiger partial charge on any atom is -0.493 e. The topological polar surface area (TPSA) is 63.7 Å². The highest BCUT2D eigenvalue weighted by Crippen LogP contribution is 2.26. The van der Waals surface area contributed by atoms with Gasteiger partial charge in [0.05, 0.1) is 25.4 Å². The van der Waals surface area contributed by atoms with Gasteiger partial charge in [0, 0.05) is 31.7 Å². The smallest absolute Gasteiger partial charge is 0.255 e. The van der Waals surface area contributed by atoms with Crippen molar-refractivity contribution >= 4 is 11.7 Å². The molecule has 26 heavy (non-hydrogen) atoms. The molecule has 0 saturated carbocycles. The summed E-state index contributed by atoms with van der Waals surface area (Å²) in [6.07, 6.45) is 0.931. The van der Waals surface area contributed by atoms with Gasteiger partial charge in [-0.3, -0.25) is 4.79 Å². The molecule has 1 N–H and O–H groups in total. The zero-order valence-electron chi connectivity index (χ0n) is 15.0. The third-order valence-corrected chi connectivity index (χ3v) is 4.78. The molecule has 6 heteroatoms. The number of fused-ring (bicyclic) bond motifs is 1. The minimum absolute atomic E-state index is 0.101. The van der Waals surface area contributed by atoms with E-state index in [9.17, 15) is 4.79 Å². The lowest BCUT2D eigenvalue weighted by molar-refractivity contribution is 0.0949. The molecule has 6 nitrogen and oxygen atoms in total. The summed E-state index contributed by atoms with van der Waals surface area (Å²) >= 11 is 0. The van der Waals surface area contributed by atoms with E-state index in [0.29, 0.717) is 25.3 Å². The van der Waals surface area contributed by atoms with Crippen molar-refractivity contribution in [3.05, 3.63) is 52.7 Å². The summed E-state index contributed by atoms with van der Waals surface area (Å²) < 4.78 is 10.9. The Balaban J connectivity index is 1.49. The monoisotopic (exact) mass is 353 g/mol. The van der Waals surface area contributed by atoms with Crippen LogP contribution in [0.25, 0.3) is 0 Å². The summed E-state index contributed by atoms with van der Waals surface area (Å²) in [5.74, 6) is 1.60. The van der Waals surface area contributed by atoms with Crippen molar-refractivity contribution in [1.82, 2.24) is 10.3 Å². The Labute approximate surface area is 153 Å². The van der Waals surface area contributed by atoms with Crippen molar-refractivity contribution in [2.75, 3.05) is 37.8 Å². The number of anilines is 1. The van der Waals surface area contributed by atoms with Gasteiger partial charge in [-0.15, -0.1) is 0 Å². The molecule has 0 aliphatic carbocycles. The lowest BCUT2D eigenvalue weighted by atomic mass is 10.1. The SMILES string of the molecule is Cc1ccc(C(=O)NCc2ccc3c(c2)CCO3)c(N2CCOCC2)n1. The quantitative estimate of drug-likeness (QED) is 0.912. The Morgan fingerprint density at radius 3 is 2.88 bits per heavy atom. The molecule has 3 heterocycles. The highest BCUT2D eigenvalue weighted by molar-refractivity contribution is 5.99. The van der Waals surface area contributed by atoms with E-state index < -0.39 is 0 Å². The van der Waals surface area contributed by atoms with E-state index in [2.05, 4.69) is 21.3 Å². The molecule has 0 unspecified atom stereocenters. The first-order valence-corrected chi connectivity index (χ1v) is 9.04. The number of aromatic nitrogens is 1. The molecule has 4 rings (SSSR count). The molecular formula is C20H23N3O3. The first-order chi connectivity index (χ1) is 12.7. The molecule has 2 aliphatic heterocycles. The fraction of sp³-hybridized carbons (Fsp3) is 0.400. The van der Waals surface area contributed by atoms with Crippen molar-refractivity contribution in [2.45, 2.75) is 19.9 Å². The van der Waals surface area contributed by atoms with Crippen LogP contribution < -0.4 is 15.0 Å². The lowest BCUT2D eigenvalue weighted by Crippen LogP contribution is -2.38. The van der Waals surface area contributed by atoms with Gasteiger partial charge in [-0.2, -0.15) is 0 Å². The van der Waals surface area contributed by atoms with Gasteiger partial charge in [0.1, 0.15) is 11.6 Å². The number of morpholine rings is 1. The second kappa shape index (κ2) is 7.33. The van der Waals surface area contributed by atoms with Gasteiger partial charge in [0.25, 0.3) is 5.91 Å². The molecule has 1 aromatic carbocycles. The third kappa shape index (κ3) is 3.51. The van der Waals surface area contributed by atoms with Gasteiger partial charge >= 0.3 is 0 Å². The second-order valence-electron chi connectivity index (χ2n) is 6.65. The third-order valence-electron chi connectivity index (χ3n) is 4.78. The molecule has 136 valence electrons. The van der Waals surface area contributed by atoms with Crippen molar-refractivity contribution in [3.63, 3.8) is 0 Å². The average Bonchev–Trinajstić information content (AvgIpc) is 3.14. The van der Waals surface area contributed by atoms with Gasteiger partial charge in [-0.1, -0.05) is 12.1 Å². The summed E-state index contributed by atoms with van der Waals surface area (Å²) in [5.41, 5.74) is 3.81. The van der Waals surface area contributed by atoms with E-state index in [0.717, 1.165) is 48.9 Å². The van der Waals surface area contributed by atoms with Crippen LogP contribution in [0.3, 0.4) is 0 Å². The number of hydrogen-bond donors (Lipinski definition) is 1. The number of rotatable bonds is 4. The number of amides is 1. The molecule has 0 bridgehead atoms. The number of carbonyl (C=O) groups is 1. The Hall–Kier alpha value is -2.60. The Morgan fingerprint density at radius 2 is 2.04 bits per heavy atom. The number of aryl methyl sites for hydroxylation is 1. The minimum atomic E-state index is -0.101. The van der Waals surface area contributed by atoms with Crippen molar-refractivity contribution < 1.29 is 14.3 Å². The van der Waals surface area contributed by atoms with Gasteiger partial charge in [-0.25, -0.2) is 4.98 Å². The van der Waals surface area contributed by atoms with Gasteiger partial charge < -0.3 is 19.7 Å². The number of hydrogen-bond acceptors (Lipinski definition) is 5. The zero-order chi connectivity index (χ0) is 17.9. The molecule has 1 amide bonds. The molecule has 0 atom stereocenters. The predicted octanol–water partition coefficient (Wildman–Crippen LogP) is 2.09. The Bertz CT molecular complexity index is 816. The standard InChI is InChI=1S/C20H23N3O3/c1-14-2-4-17(19(22-14)23-7-10-25-11-8-23)20(24)21-13-15-3-5-18-16(12-15)6-9-26-18/h2-5,12H,6-11,13H2,1H3,(H,21,24). The largest absolute Gasteiger partial charge is 0.493 e. The molecule has 2 aliphatic rings. The van der Waals surface area contributed by atoms with Crippen LogP contribution in [0, 0.1) is 6.92 Å². The first-order valence-electron chi connectivity index (χ1n) is 9.04. The van der Waals surface area contributed by atoms with Crippen LogP contribution in [0.1, 0.15) is 27.2 Å². The van der Waals surface area contributed by atoms with Crippen molar-refractivity contribution in [1.29, 1.82) is 0 Å². The number of nitrogens with zero attached hydrogens (tertiary/aromatic N) is 2. The van der Waals surface area contributed by atoms with Gasteiger partial charge in [-0.05, 0) is 36.2 Å². The molecule has 0 spiro atoms. The van der Waals surface area contributed by atoms with Gasteiger partial charge in [0.2, 0.25) is 0 Å². The van der Waals surface area contributed by atoms with Crippen LogP contribution in [0.15, 0.2) is 30.3 Å². The van der Waals surface area contributed by atoms with Crippen LogP contribution in [-0.4, -0.2) is 43.8 Å². The van der Waals surface area contributed by atoms with Crippen LogP contribution >= 0.6 is 0 Å². The summed E-state index contributed by atoms with van der Waals surface area (Å²) in [4.78, 5) is 19.5. The summed E-state index contributed by atoms with van der Waals surface area (Å²) in [5, 5.41) is 3.03. The maximum Gasteiger partial charge on any atom is 0.255 e. The summed E-state index contributed by atoms with van der Waals surface area (Å²) in [7, 11) is 0. The number of nitrogens with one attached hydrogen (secondary N) is 1. The van der Waals surface area contributed by atoms with E-state index in [-0.39, 0.29) is 5.91 Å². The number of benzene rings is 1. The second-order valence-corrected chi connectivity index (χ2v) is 6.65. The molecule has 2 aromatic rings. The first kappa shape index (κ1) is 16.8. The van der Waals surface area contributed by atoms with Crippen LogP contribution in [0.4, 0.5) is 5.82 Å². The molecule has 1 fully saturated rings. The maximum atomic E-state index is 12.8. The number of carbonyl (C=O) groups excluding carboxylic acids is 1. The van der Waals surface area contributed by atoms with Crippen LogP contribution in [-0.2, 0) is 17.7 Å². The lowest BCUT2D eigenvalue weighted by Gasteiger charge is -2.29. The number of pyridine rings is 1. The fourth-order valence-electron chi connectivity index (χ4n) is 3.36. The van der Waals surface area contributed by atoms with Crippen LogP contribution in [0.2, 0.25) is 0 Å².